The molecule has 25 heavy (non-hydrogen) atoms. The largest absolute Gasteiger partial charge is 0.496 e. The van der Waals surface area contributed by atoms with Crippen molar-refractivity contribution in [2.75, 3.05) is 20.2 Å². The lowest BCUT2D eigenvalue weighted by atomic mass is 10.0. The van der Waals surface area contributed by atoms with Gasteiger partial charge in [-0.2, -0.15) is 0 Å². The van der Waals surface area contributed by atoms with Crippen LogP contribution in [0.1, 0.15) is 28.8 Å². The molecule has 0 saturated carbocycles. The Morgan fingerprint density at radius 3 is 2.56 bits per heavy atom. The Labute approximate surface area is 157 Å². The molecule has 2 aromatic carbocycles. The van der Waals surface area contributed by atoms with E-state index >= 15 is 0 Å². The number of amides is 1. The van der Waals surface area contributed by atoms with Crippen molar-refractivity contribution >= 4 is 21.8 Å². The smallest absolute Gasteiger partial charge is 0.251 e. The first-order valence-electron chi connectivity index (χ1n) is 8.56. The van der Waals surface area contributed by atoms with Crippen LogP contribution < -0.4 is 10.1 Å². The first-order valence-corrected chi connectivity index (χ1v) is 9.35. The summed E-state index contributed by atoms with van der Waals surface area (Å²) in [7, 11) is 1.61. The third kappa shape index (κ3) is 4.83. The third-order valence-corrected chi connectivity index (χ3v) is 5.21. The Balaban J connectivity index is 1.50. The summed E-state index contributed by atoms with van der Waals surface area (Å²) in [5, 5.41) is 3.16. The van der Waals surface area contributed by atoms with Crippen LogP contribution in [-0.4, -0.2) is 37.0 Å². The number of hydrogen-bond donors (Lipinski definition) is 1. The van der Waals surface area contributed by atoms with Gasteiger partial charge in [-0.3, -0.25) is 9.69 Å². The number of nitrogens with one attached hydrogen (secondary N) is 1. The van der Waals surface area contributed by atoms with Crippen LogP contribution in [0.15, 0.2) is 53.0 Å². The number of methoxy groups -OCH3 is 1. The minimum atomic E-state index is -0.0233. The van der Waals surface area contributed by atoms with E-state index in [9.17, 15) is 4.79 Å². The van der Waals surface area contributed by atoms with Crippen molar-refractivity contribution in [1.29, 1.82) is 0 Å². The quantitative estimate of drug-likeness (QED) is 0.825. The highest BCUT2D eigenvalue weighted by molar-refractivity contribution is 9.10. The minimum Gasteiger partial charge on any atom is -0.496 e. The van der Waals surface area contributed by atoms with Crippen LogP contribution in [0.3, 0.4) is 0 Å². The summed E-state index contributed by atoms with van der Waals surface area (Å²) < 4.78 is 6.00. The van der Waals surface area contributed by atoms with E-state index in [0.29, 0.717) is 5.56 Å². The second-order valence-electron chi connectivity index (χ2n) is 6.36. The van der Waals surface area contributed by atoms with Gasteiger partial charge in [-0.25, -0.2) is 0 Å². The number of hydrogen-bond acceptors (Lipinski definition) is 3. The van der Waals surface area contributed by atoms with E-state index < -0.39 is 0 Å². The molecule has 3 rings (SSSR count). The number of halogens is 1. The van der Waals surface area contributed by atoms with Gasteiger partial charge >= 0.3 is 0 Å². The molecule has 132 valence electrons. The first-order chi connectivity index (χ1) is 12.2. The van der Waals surface area contributed by atoms with E-state index in [2.05, 4.69) is 50.4 Å². The van der Waals surface area contributed by atoms with E-state index in [4.69, 9.17) is 4.74 Å². The molecule has 4 nitrogen and oxygen atoms in total. The molecule has 1 saturated heterocycles. The molecule has 0 atom stereocenters. The summed E-state index contributed by atoms with van der Waals surface area (Å²) in [6.45, 7) is 2.99. The number of piperidine rings is 1. The maximum Gasteiger partial charge on any atom is 0.251 e. The van der Waals surface area contributed by atoms with E-state index in [0.717, 1.165) is 42.7 Å². The molecular weight excluding hydrogens is 380 g/mol. The van der Waals surface area contributed by atoms with Crippen LogP contribution >= 0.6 is 15.9 Å². The SMILES string of the molecule is COc1ccc(C(=O)NC2CCN(Cc3ccccc3)CC2)cc1Br. The summed E-state index contributed by atoms with van der Waals surface area (Å²) in [6, 6.07) is 16.2. The molecule has 1 aliphatic rings. The van der Waals surface area contributed by atoms with Crippen molar-refractivity contribution in [3.63, 3.8) is 0 Å². The van der Waals surface area contributed by atoms with Gasteiger partial charge < -0.3 is 10.1 Å². The van der Waals surface area contributed by atoms with Crippen LogP contribution in [-0.2, 0) is 6.54 Å². The lowest BCUT2D eigenvalue weighted by Gasteiger charge is -2.32. The average Bonchev–Trinajstić information content (AvgIpc) is 2.64. The van der Waals surface area contributed by atoms with E-state index in [1.807, 2.05) is 12.1 Å². The molecule has 1 aliphatic heterocycles. The standard InChI is InChI=1S/C20H23BrN2O2/c1-25-19-8-7-16(13-18(19)21)20(24)22-17-9-11-23(12-10-17)14-15-5-3-2-4-6-15/h2-8,13,17H,9-12,14H2,1H3,(H,22,24). The summed E-state index contributed by atoms with van der Waals surface area (Å²) in [6.07, 6.45) is 1.96. The highest BCUT2D eigenvalue weighted by Crippen LogP contribution is 2.25. The van der Waals surface area contributed by atoms with Crippen LogP contribution in [0.2, 0.25) is 0 Å². The number of nitrogens with zero attached hydrogens (tertiary/aromatic N) is 1. The molecule has 0 unspecified atom stereocenters. The highest BCUT2D eigenvalue weighted by Gasteiger charge is 2.21. The minimum absolute atomic E-state index is 0.0233. The Hall–Kier alpha value is -1.85. The van der Waals surface area contributed by atoms with Gasteiger partial charge in [0.25, 0.3) is 5.91 Å². The van der Waals surface area contributed by atoms with Crippen LogP contribution in [0.4, 0.5) is 0 Å². The number of carbonyl (C=O) groups excluding carboxylic acids is 1. The van der Waals surface area contributed by atoms with Crippen molar-refractivity contribution in [3.8, 4) is 5.75 Å². The van der Waals surface area contributed by atoms with Crippen LogP contribution in [0.5, 0.6) is 5.75 Å². The van der Waals surface area contributed by atoms with Gasteiger partial charge in [-0.15, -0.1) is 0 Å². The molecule has 0 aromatic heterocycles. The Bertz CT molecular complexity index is 713. The number of likely N-dealkylation sites (tertiary alicyclic amines) is 1. The molecule has 2 aromatic rings. The number of benzene rings is 2. The zero-order valence-corrected chi connectivity index (χ0v) is 16.0. The van der Waals surface area contributed by atoms with Gasteiger partial charge in [0.1, 0.15) is 5.75 Å². The molecule has 1 N–H and O–H groups in total. The van der Waals surface area contributed by atoms with Crippen molar-refractivity contribution in [2.24, 2.45) is 0 Å². The summed E-state index contributed by atoms with van der Waals surface area (Å²) in [5.74, 6) is 0.704. The molecular formula is C20H23BrN2O2. The average molecular weight is 403 g/mol. The molecule has 1 fully saturated rings. The van der Waals surface area contributed by atoms with E-state index in [-0.39, 0.29) is 11.9 Å². The fourth-order valence-corrected chi connectivity index (χ4v) is 3.69. The molecule has 1 amide bonds. The Morgan fingerprint density at radius 1 is 1.20 bits per heavy atom. The second kappa shape index (κ2) is 8.50. The number of rotatable bonds is 5. The molecule has 0 aliphatic carbocycles. The van der Waals surface area contributed by atoms with Crippen molar-refractivity contribution in [1.82, 2.24) is 10.2 Å². The Morgan fingerprint density at radius 2 is 1.92 bits per heavy atom. The van der Waals surface area contributed by atoms with Gasteiger partial charge in [-0.1, -0.05) is 30.3 Å². The fourth-order valence-electron chi connectivity index (χ4n) is 3.15. The highest BCUT2D eigenvalue weighted by atomic mass is 79.9. The topological polar surface area (TPSA) is 41.6 Å². The monoisotopic (exact) mass is 402 g/mol. The zero-order valence-electron chi connectivity index (χ0n) is 14.4. The van der Waals surface area contributed by atoms with Crippen LogP contribution in [0, 0.1) is 0 Å². The van der Waals surface area contributed by atoms with Gasteiger partial charge in [0.15, 0.2) is 0 Å². The number of carbonyl (C=O) groups is 1. The fraction of sp³-hybridized carbons (Fsp3) is 0.350. The lowest BCUT2D eigenvalue weighted by molar-refractivity contribution is 0.0909. The van der Waals surface area contributed by atoms with Crippen molar-refractivity contribution in [2.45, 2.75) is 25.4 Å². The van der Waals surface area contributed by atoms with Gasteiger partial charge in [-0.05, 0) is 52.5 Å². The van der Waals surface area contributed by atoms with Gasteiger partial charge in [0.05, 0.1) is 11.6 Å². The summed E-state index contributed by atoms with van der Waals surface area (Å²) >= 11 is 3.43. The van der Waals surface area contributed by atoms with E-state index in [1.165, 1.54) is 5.56 Å². The maximum atomic E-state index is 12.5. The predicted molar refractivity (Wildman–Crippen MR) is 103 cm³/mol. The van der Waals surface area contributed by atoms with Gasteiger partial charge in [0, 0.05) is 31.2 Å². The molecule has 0 bridgehead atoms. The first kappa shape index (κ1) is 18.0. The summed E-state index contributed by atoms with van der Waals surface area (Å²) in [4.78, 5) is 14.9. The van der Waals surface area contributed by atoms with Gasteiger partial charge in [0.2, 0.25) is 0 Å². The third-order valence-electron chi connectivity index (χ3n) is 4.59. The summed E-state index contributed by atoms with van der Waals surface area (Å²) in [5.41, 5.74) is 1.99. The molecule has 0 radical (unpaired) electrons. The normalized spacial score (nSPS) is 15.8. The van der Waals surface area contributed by atoms with Crippen molar-refractivity contribution < 1.29 is 9.53 Å². The molecule has 0 spiro atoms. The van der Waals surface area contributed by atoms with Crippen molar-refractivity contribution in [3.05, 3.63) is 64.1 Å². The van der Waals surface area contributed by atoms with E-state index in [1.54, 1.807) is 19.2 Å². The molecule has 1 heterocycles. The number of ether oxygens (including phenoxy) is 1. The second-order valence-corrected chi connectivity index (χ2v) is 7.21. The zero-order chi connectivity index (χ0) is 17.6. The lowest BCUT2D eigenvalue weighted by Crippen LogP contribution is -2.44. The Kier molecular flexibility index (Phi) is 6.10. The maximum absolute atomic E-state index is 12.5. The molecule has 5 heteroatoms. The van der Waals surface area contributed by atoms with Crippen LogP contribution in [0.25, 0.3) is 0 Å². The predicted octanol–water partition coefficient (Wildman–Crippen LogP) is 3.85.